The number of rotatable bonds is 9. The Morgan fingerprint density at radius 1 is 0.941 bits per heavy atom. The van der Waals surface area contributed by atoms with E-state index in [1.165, 1.54) is 50.5 Å². The van der Waals surface area contributed by atoms with E-state index in [2.05, 4.69) is 37.3 Å². The first-order valence-corrected chi connectivity index (χ1v) is 7.46. The zero-order valence-electron chi connectivity index (χ0n) is 11.0. The minimum absolute atomic E-state index is 0.811. The first-order chi connectivity index (χ1) is 8.33. The van der Waals surface area contributed by atoms with Crippen molar-refractivity contribution in [3.05, 3.63) is 35.9 Å². The lowest BCUT2D eigenvalue weighted by atomic mass is 9.95. The zero-order valence-corrected chi connectivity index (χ0v) is 11.8. The monoisotopic (exact) mass is 252 g/mol. The Labute approximate surface area is 111 Å². The van der Waals surface area contributed by atoms with E-state index < -0.39 is 0 Å². The van der Waals surface area contributed by atoms with Crippen LogP contribution in [0.5, 0.6) is 0 Å². The fraction of sp³-hybridized carbons (Fsp3) is 0.625. The van der Waals surface area contributed by atoms with Crippen molar-refractivity contribution >= 4 is 11.6 Å². The van der Waals surface area contributed by atoms with Crippen LogP contribution in [0.3, 0.4) is 0 Å². The molecular weight excluding hydrogens is 228 g/mol. The van der Waals surface area contributed by atoms with Crippen molar-refractivity contribution in [3.63, 3.8) is 0 Å². The third-order valence-electron chi connectivity index (χ3n) is 3.26. The maximum Gasteiger partial charge on any atom is 0.0223 e. The van der Waals surface area contributed by atoms with Gasteiger partial charge in [0, 0.05) is 5.88 Å². The molecule has 1 rings (SSSR count). The second-order valence-electron chi connectivity index (χ2n) is 5.04. The molecule has 17 heavy (non-hydrogen) atoms. The summed E-state index contributed by atoms with van der Waals surface area (Å²) < 4.78 is 0. The minimum Gasteiger partial charge on any atom is -0.127 e. The number of unbranched alkanes of at least 4 members (excludes halogenated alkanes) is 4. The molecule has 0 N–H and O–H groups in total. The highest BCUT2D eigenvalue weighted by Gasteiger charge is 2.03. The van der Waals surface area contributed by atoms with E-state index in [9.17, 15) is 0 Å². The summed E-state index contributed by atoms with van der Waals surface area (Å²) in [5, 5.41) is 0. The van der Waals surface area contributed by atoms with Gasteiger partial charge in [-0.25, -0.2) is 0 Å². The van der Waals surface area contributed by atoms with Gasteiger partial charge < -0.3 is 0 Å². The van der Waals surface area contributed by atoms with Crippen LogP contribution in [-0.4, -0.2) is 5.88 Å². The molecule has 0 saturated carbocycles. The molecule has 1 aromatic rings. The second-order valence-corrected chi connectivity index (χ2v) is 5.42. The predicted molar refractivity (Wildman–Crippen MR) is 77.7 cm³/mol. The summed E-state index contributed by atoms with van der Waals surface area (Å²) in [6.45, 7) is 2.37. The number of hydrogen-bond acceptors (Lipinski definition) is 0. The summed E-state index contributed by atoms with van der Waals surface area (Å²) in [4.78, 5) is 0. The van der Waals surface area contributed by atoms with E-state index >= 15 is 0 Å². The summed E-state index contributed by atoms with van der Waals surface area (Å²) in [6, 6.07) is 10.8. The van der Waals surface area contributed by atoms with Gasteiger partial charge in [-0.05, 0) is 24.3 Å². The molecule has 1 atom stereocenters. The third kappa shape index (κ3) is 7.44. The SMILES string of the molecule is CC(CCCCCCCCl)Cc1ccccc1. The molecular formula is C16H25Cl. The van der Waals surface area contributed by atoms with Crippen LogP contribution >= 0.6 is 11.6 Å². The van der Waals surface area contributed by atoms with Crippen molar-refractivity contribution in [2.24, 2.45) is 5.92 Å². The number of alkyl halides is 1. The molecule has 1 unspecified atom stereocenters. The molecule has 1 heteroatoms. The highest BCUT2D eigenvalue weighted by molar-refractivity contribution is 6.17. The molecule has 0 saturated heterocycles. The van der Waals surface area contributed by atoms with E-state index in [-0.39, 0.29) is 0 Å². The average molecular weight is 253 g/mol. The molecule has 1 aromatic carbocycles. The Kier molecular flexibility index (Phi) is 8.17. The Hall–Kier alpha value is -0.490. The molecule has 0 radical (unpaired) electrons. The van der Waals surface area contributed by atoms with Crippen LogP contribution in [0, 0.1) is 5.92 Å². The van der Waals surface area contributed by atoms with E-state index in [1.807, 2.05) is 0 Å². The van der Waals surface area contributed by atoms with Gasteiger partial charge in [0.15, 0.2) is 0 Å². The zero-order chi connectivity index (χ0) is 12.3. The van der Waals surface area contributed by atoms with Gasteiger partial charge in [-0.3, -0.25) is 0 Å². The highest BCUT2D eigenvalue weighted by Crippen LogP contribution is 2.16. The average Bonchev–Trinajstić information content (AvgIpc) is 2.35. The highest BCUT2D eigenvalue weighted by atomic mass is 35.5. The predicted octanol–water partition coefficient (Wildman–Crippen LogP) is 5.44. The first-order valence-electron chi connectivity index (χ1n) is 6.93. The summed E-state index contributed by atoms with van der Waals surface area (Å²) >= 11 is 5.66. The fourth-order valence-electron chi connectivity index (χ4n) is 2.24. The lowest BCUT2D eigenvalue weighted by molar-refractivity contribution is 0.484. The second kappa shape index (κ2) is 9.53. The molecule has 0 bridgehead atoms. The summed E-state index contributed by atoms with van der Waals surface area (Å²) in [6.07, 6.45) is 9.16. The van der Waals surface area contributed by atoms with Crippen LogP contribution in [0.2, 0.25) is 0 Å². The standard InChI is InChI=1S/C16H25Cl/c1-15(10-6-3-2-4-9-13-17)14-16-11-7-5-8-12-16/h5,7-8,11-12,15H,2-4,6,9-10,13-14H2,1H3. The van der Waals surface area contributed by atoms with Crippen molar-refractivity contribution in [1.29, 1.82) is 0 Å². The van der Waals surface area contributed by atoms with E-state index in [0.29, 0.717) is 0 Å². The number of halogens is 1. The molecule has 96 valence electrons. The quantitative estimate of drug-likeness (QED) is 0.405. The Morgan fingerprint density at radius 2 is 1.59 bits per heavy atom. The smallest absolute Gasteiger partial charge is 0.0223 e. The molecule has 0 aliphatic rings. The number of benzene rings is 1. The number of hydrogen-bond donors (Lipinski definition) is 0. The van der Waals surface area contributed by atoms with E-state index in [0.717, 1.165) is 11.8 Å². The third-order valence-corrected chi connectivity index (χ3v) is 3.52. The molecule has 0 spiro atoms. The largest absolute Gasteiger partial charge is 0.127 e. The molecule has 0 amide bonds. The molecule has 0 aliphatic heterocycles. The van der Waals surface area contributed by atoms with Crippen LogP contribution in [0.25, 0.3) is 0 Å². The Morgan fingerprint density at radius 3 is 2.29 bits per heavy atom. The van der Waals surface area contributed by atoms with Crippen LogP contribution < -0.4 is 0 Å². The van der Waals surface area contributed by atoms with Gasteiger partial charge in [-0.2, -0.15) is 0 Å². The van der Waals surface area contributed by atoms with Gasteiger partial charge in [-0.1, -0.05) is 69.4 Å². The van der Waals surface area contributed by atoms with Gasteiger partial charge >= 0.3 is 0 Å². The normalized spacial score (nSPS) is 12.6. The molecule has 0 aliphatic carbocycles. The summed E-state index contributed by atoms with van der Waals surface area (Å²) in [5.41, 5.74) is 1.47. The summed E-state index contributed by atoms with van der Waals surface area (Å²) in [5.74, 6) is 1.63. The maximum absolute atomic E-state index is 5.66. The van der Waals surface area contributed by atoms with Crippen LogP contribution in [0.15, 0.2) is 30.3 Å². The van der Waals surface area contributed by atoms with Gasteiger partial charge in [0.05, 0.1) is 0 Å². The van der Waals surface area contributed by atoms with Crippen molar-refractivity contribution in [2.45, 2.75) is 51.9 Å². The maximum atomic E-state index is 5.66. The molecule has 0 aromatic heterocycles. The molecule has 0 fully saturated rings. The molecule has 0 heterocycles. The van der Waals surface area contributed by atoms with E-state index in [4.69, 9.17) is 11.6 Å². The van der Waals surface area contributed by atoms with Gasteiger partial charge in [0.2, 0.25) is 0 Å². The fourth-order valence-corrected chi connectivity index (χ4v) is 2.43. The van der Waals surface area contributed by atoms with Crippen LogP contribution in [-0.2, 0) is 6.42 Å². The van der Waals surface area contributed by atoms with E-state index in [1.54, 1.807) is 0 Å². The van der Waals surface area contributed by atoms with Gasteiger partial charge in [0.1, 0.15) is 0 Å². The Bertz CT molecular complexity index is 268. The first kappa shape index (κ1) is 14.6. The van der Waals surface area contributed by atoms with Crippen molar-refractivity contribution in [3.8, 4) is 0 Å². The van der Waals surface area contributed by atoms with Gasteiger partial charge in [0.25, 0.3) is 0 Å². The summed E-state index contributed by atoms with van der Waals surface area (Å²) in [7, 11) is 0. The van der Waals surface area contributed by atoms with Crippen molar-refractivity contribution in [2.75, 3.05) is 5.88 Å². The lowest BCUT2D eigenvalue weighted by Gasteiger charge is -2.11. The van der Waals surface area contributed by atoms with Crippen molar-refractivity contribution in [1.82, 2.24) is 0 Å². The Balaban J connectivity index is 2.03. The van der Waals surface area contributed by atoms with Crippen LogP contribution in [0.1, 0.15) is 51.0 Å². The minimum atomic E-state index is 0.811. The van der Waals surface area contributed by atoms with Crippen LogP contribution in [0.4, 0.5) is 0 Å². The topological polar surface area (TPSA) is 0 Å². The van der Waals surface area contributed by atoms with Crippen molar-refractivity contribution < 1.29 is 0 Å². The van der Waals surface area contributed by atoms with Gasteiger partial charge in [-0.15, -0.1) is 11.6 Å². The lowest BCUT2D eigenvalue weighted by Crippen LogP contribution is -1.99. The molecule has 0 nitrogen and oxygen atoms in total.